The molecule has 0 radical (unpaired) electrons. The third-order valence-corrected chi connectivity index (χ3v) is 5.44. The number of nitrogens with one attached hydrogen (secondary N) is 1. The van der Waals surface area contributed by atoms with E-state index in [-0.39, 0.29) is 5.91 Å². The molecule has 0 bridgehead atoms. The third kappa shape index (κ3) is 3.35. The van der Waals surface area contributed by atoms with Crippen LogP contribution in [0.15, 0.2) is 42.5 Å². The minimum Gasteiger partial charge on any atom is -0.355 e. The molecule has 2 atom stereocenters. The fourth-order valence-corrected chi connectivity index (χ4v) is 4.00. The highest BCUT2D eigenvalue weighted by Gasteiger charge is 2.44. The third-order valence-electron chi connectivity index (χ3n) is 5.44. The van der Waals surface area contributed by atoms with E-state index in [2.05, 4.69) is 5.32 Å². The van der Waals surface area contributed by atoms with Gasteiger partial charge in [-0.3, -0.25) is 14.8 Å². The first-order valence-electron chi connectivity index (χ1n) is 9.43. The lowest BCUT2D eigenvalue weighted by molar-refractivity contribution is -0.134. The monoisotopic (exact) mass is 364 g/mol. The average Bonchev–Trinajstić information content (AvgIpc) is 3.46. The summed E-state index contributed by atoms with van der Waals surface area (Å²) in [6.45, 7) is 4.59. The minimum atomic E-state index is -0.745. The fourth-order valence-electron chi connectivity index (χ4n) is 4.00. The van der Waals surface area contributed by atoms with E-state index in [1.807, 2.05) is 44.2 Å². The second-order valence-electron chi connectivity index (χ2n) is 7.77. The average molecular weight is 364 g/mol. The van der Waals surface area contributed by atoms with E-state index in [9.17, 15) is 14.8 Å². The molecule has 27 heavy (non-hydrogen) atoms. The maximum absolute atomic E-state index is 13.1. The smallest absolute Gasteiger partial charge is 0.278 e. The zero-order valence-corrected chi connectivity index (χ0v) is 15.6. The van der Waals surface area contributed by atoms with Crippen molar-refractivity contribution < 1.29 is 14.8 Å². The normalized spacial score (nSPS) is 21.7. The van der Waals surface area contributed by atoms with E-state index in [1.54, 1.807) is 12.1 Å². The second kappa shape index (κ2) is 6.82. The van der Waals surface area contributed by atoms with Gasteiger partial charge in [-0.25, -0.2) is 5.06 Å². The summed E-state index contributed by atoms with van der Waals surface area (Å²) in [5.74, 6) is -0.714. The molecule has 1 fully saturated rings. The van der Waals surface area contributed by atoms with Gasteiger partial charge in [-0.15, -0.1) is 0 Å². The quantitative estimate of drug-likeness (QED) is 0.816. The van der Waals surface area contributed by atoms with Crippen LogP contribution in [0, 0.1) is 19.8 Å². The zero-order chi connectivity index (χ0) is 19.1. The van der Waals surface area contributed by atoms with Gasteiger partial charge in [0.2, 0.25) is 5.91 Å². The minimum absolute atomic E-state index is 0.148. The Balaban J connectivity index is 1.80. The number of aryl methyl sites for hydroxylation is 2. The predicted molar refractivity (Wildman–Crippen MR) is 102 cm³/mol. The van der Waals surface area contributed by atoms with E-state index >= 15 is 0 Å². The fraction of sp³-hybridized carbons (Fsp3) is 0.364. The van der Waals surface area contributed by atoms with Gasteiger partial charge in [-0.1, -0.05) is 47.5 Å². The summed E-state index contributed by atoms with van der Waals surface area (Å²) in [6.07, 6.45) is 2.29. The van der Waals surface area contributed by atoms with Gasteiger partial charge in [-0.05, 0) is 49.8 Å². The largest absolute Gasteiger partial charge is 0.355 e. The summed E-state index contributed by atoms with van der Waals surface area (Å²) >= 11 is 0. The lowest BCUT2D eigenvalue weighted by Crippen LogP contribution is -2.46. The van der Waals surface area contributed by atoms with Crippen LogP contribution in [0.1, 0.15) is 57.4 Å². The van der Waals surface area contributed by atoms with Gasteiger partial charge in [0.05, 0.1) is 5.92 Å². The summed E-state index contributed by atoms with van der Waals surface area (Å²) in [5.41, 5.74) is 3.88. The van der Waals surface area contributed by atoms with Crippen LogP contribution in [0.4, 0.5) is 0 Å². The summed E-state index contributed by atoms with van der Waals surface area (Å²) < 4.78 is 0. The molecule has 0 aromatic heterocycles. The van der Waals surface area contributed by atoms with Crippen LogP contribution in [-0.4, -0.2) is 28.6 Å². The van der Waals surface area contributed by atoms with Gasteiger partial charge in [-0.2, -0.15) is 0 Å². The lowest BCUT2D eigenvalue weighted by Gasteiger charge is -2.38. The van der Waals surface area contributed by atoms with Crippen LogP contribution in [0.25, 0.3) is 0 Å². The first-order chi connectivity index (χ1) is 13.0. The molecule has 2 unspecified atom stereocenters. The standard InChI is InChI=1S/C22H24N2O3/c1-13-9-14(2)11-16(10-13)20-19(21(25)23-12-15-7-8-15)17-5-3-4-6-18(17)22(26)24(20)27/h3-6,9-11,15,19-20,27H,7-8,12H2,1-2H3,(H,23,25). The van der Waals surface area contributed by atoms with Crippen molar-refractivity contribution in [2.45, 2.75) is 38.6 Å². The zero-order valence-electron chi connectivity index (χ0n) is 15.6. The number of rotatable bonds is 4. The van der Waals surface area contributed by atoms with Crippen molar-refractivity contribution in [3.05, 3.63) is 70.3 Å². The van der Waals surface area contributed by atoms with Crippen molar-refractivity contribution in [2.24, 2.45) is 5.92 Å². The van der Waals surface area contributed by atoms with E-state index < -0.39 is 17.9 Å². The molecule has 1 saturated carbocycles. The number of amides is 2. The van der Waals surface area contributed by atoms with E-state index in [1.165, 1.54) is 0 Å². The van der Waals surface area contributed by atoms with Crippen molar-refractivity contribution in [1.29, 1.82) is 0 Å². The van der Waals surface area contributed by atoms with Crippen LogP contribution in [0.5, 0.6) is 0 Å². The van der Waals surface area contributed by atoms with Crippen molar-refractivity contribution in [3.8, 4) is 0 Å². The molecule has 0 spiro atoms. The highest BCUT2D eigenvalue weighted by Crippen LogP contribution is 2.42. The first kappa shape index (κ1) is 17.7. The number of nitrogens with zero attached hydrogens (tertiary/aromatic N) is 1. The summed E-state index contributed by atoms with van der Waals surface area (Å²) in [6, 6.07) is 12.2. The molecule has 5 heteroatoms. The lowest BCUT2D eigenvalue weighted by atomic mass is 9.79. The molecule has 4 rings (SSSR count). The van der Waals surface area contributed by atoms with Crippen molar-refractivity contribution >= 4 is 11.8 Å². The number of fused-ring (bicyclic) bond motifs is 1. The second-order valence-corrected chi connectivity index (χ2v) is 7.77. The topological polar surface area (TPSA) is 69.6 Å². The van der Waals surface area contributed by atoms with Crippen LogP contribution in [-0.2, 0) is 4.79 Å². The summed E-state index contributed by atoms with van der Waals surface area (Å²) in [4.78, 5) is 25.9. The molecule has 2 amide bonds. The van der Waals surface area contributed by atoms with Gasteiger partial charge in [0.15, 0.2) is 0 Å². The van der Waals surface area contributed by atoms with Gasteiger partial charge < -0.3 is 5.32 Å². The molecular weight excluding hydrogens is 340 g/mol. The van der Waals surface area contributed by atoms with Crippen LogP contribution >= 0.6 is 0 Å². The van der Waals surface area contributed by atoms with Crippen molar-refractivity contribution in [3.63, 3.8) is 0 Å². The molecule has 1 heterocycles. The van der Waals surface area contributed by atoms with Gasteiger partial charge in [0, 0.05) is 12.1 Å². The van der Waals surface area contributed by atoms with Crippen molar-refractivity contribution in [2.75, 3.05) is 6.54 Å². The molecule has 2 aliphatic rings. The molecule has 140 valence electrons. The van der Waals surface area contributed by atoms with Gasteiger partial charge in [0.25, 0.3) is 5.91 Å². The van der Waals surface area contributed by atoms with Crippen LogP contribution < -0.4 is 5.32 Å². The Hall–Kier alpha value is -2.66. The Morgan fingerprint density at radius 3 is 2.48 bits per heavy atom. The van der Waals surface area contributed by atoms with Crippen LogP contribution in [0.3, 0.4) is 0 Å². The Morgan fingerprint density at radius 1 is 1.15 bits per heavy atom. The molecule has 0 saturated heterocycles. The maximum atomic E-state index is 13.1. The summed E-state index contributed by atoms with van der Waals surface area (Å²) in [5, 5.41) is 14.5. The number of hydroxylamine groups is 2. The highest BCUT2D eigenvalue weighted by molar-refractivity contribution is 6.00. The molecule has 2 N–H and O–H groups in total. The van der Waals surface area contributed by atoms with Gasteiger partial charge >= 0.3 is 0 Å². The first-order valence-corrected chi connectivity index (χ1v) is 9.43. The predicted octanol–water partition coefficient (Wildman–Crippen LogP) is 3.50. The SMILES string of the molecule is Cc1cc(C)cc(C2C(C(=O)NCC3CC3)c3ccccc3C(=O)N2O)c1. The molecular formula is C22H24N2O3. The summed E-state index contributed by atoms with van der Waals surface area (Å²) in [7, 11) is 0. The van der Waals surface area contributed by atoms with Crippen molar-refractivity contribution in [1.82, 2.24) is 10.4 Å². The van der Waals surface area contributed by atoms with E-state index in [0.717, 1.165) is 34.6 Å². The molecule has 2 aromatic rings. The Kier molecular flexibility index (Phi) is 4.48. The molecule has 1 aliphatic carbocycles. The molecule has 5 nitrogen and oxygen atoms in total. The van der Waals surface area contributed by atoms with Crippen LogP contribution in [0.2, 0.25) is 0 Å². The number of carbonyl (C=O) groups excluding carboxylic acids is 2. The number of carbonyl (C=O) groups is 2. The Labute approximate surface area is 159 Å². The van der Waals surface area contributed by atoms with Gasteiger partial charge in [0.1, 0.15) is 6.04 Å². The Morgan fingerprint density at radius 2 is 1.81 bits per heavy atom. The van der Waals surface area contributed by atoms with E-state index in [0.29, 0.717) is 23.6 Å². The molecule has 1 aliphatic heterocycles. The Bertz CT molecular complexity index is 884. The number of hydrogen-bond acceptors (Lipinski definition) is 3. The number of benzene rings is 2. The molecule has 2 aromatic carbocycles. The number of hydrogen-bond donors (Lipinski definition) is 2. The highest BCUT2D eigenvalue weighted by atomic mass is 16.5. The maximum Gasteiger partial charge on any atom is 0.278 e. The van der Waals surface area contributed by atoms with E-state index in [4.69, 9.17) is 0 Å².